The van der Waals surface area contributed by atoms with E-state index in [1.54, 1.807) is 6.92 Å². The number of hydrogen-bond donors (Lipinski definition) is 2. The molecule has 1 heterocycles. The maximum atomic E-state index is 12.9. The number of nitrogens with one attached hydrogen (secondary N) is 1. The summed E-state index contributed by atoms with van der Waals surface area (Å²) in [5.41, 5.74) is 5.77. The molecule has 1 aromatic rings. The van der Waals surface area contributed by atoms with Gasteiger partial charge in [-0.05, 0) is 38.3 Å². The van der Waals surface area contributed by atoms with E-state index in [1.807, 2.05) is 30.3 Å². The van der Waals surface area contributed by atoms with E-state index in [0.29, 0.717) is 39.0 Å². The first-order valence-electron chi connectivity index (χ1n) is 8.48. The maximum absolute atomic E-state index is 12.9. The molecule has 0 spiro atoms. The van der Waals surface area contributed by atoms with Crippen LogP contribution < -0.4 is 11.1 Å². The van der Waals surface area contributed by atoms with Crippen LogP contribution in [0.4, 0.5) is 0 Å². The lowest BCUT2D eigenvalue weighted by atomic mass is 9.72. The Hall–Kier alpha value is -1.15. The molecule has 1 aliphatic heterocycles. The van der Waals surface area contributed by atoms with E-state index in [0.717, 1.165) is 12.0 Å². The number of hydrogen-bond acceptors (Lipinski definition) is 4. The van der Waals surface area contributed by atoms with Crippen LogP contribution in [-0.4, -0.2) is 50.6 Å². The Labute approximate surface area is 156 Å². The zero-order valence-corrected chi connectivity index (χ0v) is 16.2. The van der Waals surface area contributed by atoms with Crippen LogP contribution in [0.1, 0.15) is 31.7 Å². The van der Waals surface area contributed by atoms with Crippen molar-refractivity contribution < 1.29 is 13.2 Å². The number of sulfonamides is 1. The van der Waals surface area contributed by atoms with Crippen molar-refractivity contribution in [3.63, 3.8) is 0 Å². The maximum Gasteiger partial charge on any atom is 0.230 e. The van der Waals surface area contributed by atoms with Crippen molar-refractivity contribution in [3.8, 4) is 0 Å². The highest BCUT2D eigenvalue weighted by molar-refractivity contribution is 7.89. The van der Waals surface area contributed by atoms with E-state index in [-0.39, 0.29) is 24.1 Å². The Morgan fingerprint density at radius 2 is 1.84 bits per heavy atom. The Bertz CT molecular complexity index is 644. The third kappa shape index (κ3) is 4.94. The number of amides is 1. The zero-order chi connectivity index (χ0) is 17.6. The molecule has 0 aromatic heterocycles. The van der Waals surface area contributed by atoms with Crippen molar-refractivity contribution in [3.05, 3.63) is 35.9 Å². The van der Waals surface area contributed by atoms with Gasteiger partial charge in [0.25, 0.3) is 0 Å². The second-order valence-electron chi connectivity index (χ2n) is 6.15. The molecular weight excluding hydrogens is 362 g/mol. The van der Waals surface area contributed by atoms with E-state index in [9.17, 15) is 13.2 Å². The van der Waals surface area contributed by atoms with Gasteiger partial charge < -0.3 is 11.1 Å². The number of rotatable bonds is 7. The second kappa shape index (κ2) is 9.52. The van der Waals surface area contributed by atoms with Gasteiger partial charge in [-0.2, -0.15) is 0 Å². The molecule has 8 heteroatoms. The van der Waals surface area contributed by atoms with Gasteiger partial charge in [0.05, 0.1) is 11.2 Å². The van der Waals surface area contributed by atoms with E-state index in [4.69, 9.17) is 5.73 Å². The van der Waals surface area contributed by atoms with E-state index < -0.39 is 15.4 Å². The van der Waals surface area contributed by atoms with Gasteiger partial charge in [-0.15, -0.1) is 12.4 Å². The number of carbonyl (C=O) groups excluding carboxylic acids is 1. The number of halogens is 1. The second-order valence-corrected chi connectivity index (χ2v) is 8.40. The molecule has 0 atom stereocenters. The monoisotopic (exact) mass is 389 g/mol. The molecule has 2 rings (SSSR count). The SMILES string of the molecule is CCS(=O)(=O)N1CCC(C(=O)NCCCN)(c2ccccc2)CC1.Cl. The molecule has 25 heavy (non-hydrogen) atoms. The molecule has 6 nitrogen and oxygen atoms in total. The first-order chi connectivity index (χ1) is 11.5. The Morgan fingerprint density at radius 1 is 1.24 bits per heavy atom. The van der Waals surface area contributed by atoms with Gasteiger partial charge in [0.2, 0.25) is 15.9 Å². The summed E-state index contributed by atoms with van der Waals surface area (Å²) >= 11 is 0. The minimum absolute atomic E-state index is 0. The van der Waals surface area contributed by atoms with Gasteiger partial charge in [-0.1, -0.05) is 30.3 Å². The average Bonchev–Trinajstić information content (AvgIpc) is 2.62. The summed E-state index contributed by atoms with van der Waals surface area (Å²) in [7, 11) is -3.22. The first kappa shape index (κ1) is 21.9. The average molecular weight is 390 g/mol. The molecular formula is C17H28ClN3O3S. The predicted molar refractivity (Wildman–Crippen MR) is 102 cm³/mol. The highest BCUT2D eigenvalue weighted by Crippen LogP contribution is 2.36. The molecule has 1 amide bonds. The molecule has 1 aromatic carbocycles. The van der Waals surface area contributed by atoms with Crippen molar-refractivity contribution >= 4 is 28.3 Å². The zero-order valence-electron chi connectivity index (χ0n) is 14.6. The van der Waals surface area contributed by atoms with Gasteiger partial charge in [0.15, 0.2) is 0 Å². The number of nitrogens with two attached hydrogens (primary N) is 1. The third-order valence-electron chi connectivity index (χ3n) is 4.76. The smallest absolute Gasteiger partial charge is 0.230 e. The van der Waals surface area contributed by atoms with Gasteiger partial charge >= 0.3 is 0 Å². The molecule has 1 fully saturated rings. The summed E-state index contributed by atoms with van der Waals surface area (Å²) in [4.78, 5) is 12.9. The number of carbonyl (C=O) groups is 1. The Kier molecular flexibility index (Phi) is 8.34. The van der Waals surface area contributed by atoms with Crippen LogP contribution >= 0.6 is 12.4 Å². The summed E-state index contributed by atoms with van der Waals surface area (Å²) in [6, 6.07) is 9.65. The largest absolute Gasteiger partial charge is 0.355 e. The molecule has 1 aliphatic rings. The molecule has 0 unspecified atom stereocenters. The van der Waals surface area contributed by atoms with Crippen LogP contribution in [0.25, 0.3) is 0 Å². The van der Waals surface area contributed by atoms with Gasteiger partial charge in [0.1, 0.15) is 0 Å². The summed E-state index contributed by atoms with van der Waals surface area (Å²) in [5, 5.41) is 2.97. The van der Waals surface area contributed by atoms with Crippen molar-refractivity contribution in [2.45, 2.75) is 31.6 Å². The minimum atomic E-state index is -3.22. The van der Waals surface area contributed by atoms with Crippen molar-refractivity contribution in [1.29, 1.82) is 0 Å². The first-order valence-corrected chi connectivity index (χ1v) is 10.1. The van der Waals surface area contributed by atoms with E-state index in [1.165, 1.54) is 4.31 Å². The van der Waals surface area contributed by atoms with Crippen LogP contribution in [0.3, 0.4) is 0 Å². The standard InChI is InChI=1S/C17H27N3O3S.ClH/c1-2-24(22,23)20-13-9-17(10-14-20,15-7-4-3-5-8-15)16(21)19-12-6-11-18;/h3-5,7-8H,2,6,9-14,18H2,1H3,(H,19,21);1H. The molecule has 0 aliphatic carbocycles. The van der Waals surface area contributed by atoms with Crippen molar-refractivity contribution in [2.24, 2.45) is 5.73 Å². The van der Waals surface area contributed by atoms with E-state index in [2.05, 4.69) is 5.32 Å². The highest BCUT2D eigenvalue weighted by Gasteiger charge is 2.44. The Balaban J connectivity index is 0.00000312. The summed E-state index contributed by atoms with van der Waals surface area (Å²) in [5.74, 6) is 0.0595. The number of piperidine rings is 1. The molecule has 0 radical (unpaired) electrons. The Morgan fingerprint density at radius 3 is 2.36 bits per heavy atom. The fourth-order valence-electron chi connectivity index (χ4n) is 3.21. The van der Waals surface area contributed by atoms with Crippen LogP contribution in [0.2, 0.25) is 0 Å². The van der Waals surface area contributed by atoms with Crippen LogP contribution in [-0.2, 0) is 20.2 Å². The van der Waals surface area contributed by atoms with Gasteiger partial charge in [-0.25, -0.2) is 12.7 Å². The van der Waals surface area contributed by atoms with Crippen molar-refractivity contribution in [1.82, 2.24) is 9.62 Å². The predicted octanol–water partition coefficient (Wildman–Crippen LogP) is 1.26. The van der Waals surface area contributed by atoms with E-state index >= 15 is 0 Å². The lowest BCUT2D eigenvalue weighted by molar-refractivity contribution is -0.128. The highest BCUT2D eigenvalue weighted by atomic mass is 35.5. The molecule has 1 saturated heterocycles. The van der Waals surface area contributed by atoms with Crippen LogP contribution in [0.15, 0.2) is 30.3 Å². The fourth-order valence-corrected chi connectivity index (χ4v) is 4.31. The van der Waals surface area contributed by atoms with Gasteiger partial charge in [0, 0.05) is 19.6 Å². The minimum Gasteiger partial charge on any atom is -0.355 e. The lowest BCUT2D eigenvalue weighted by Crippen LogP contribution is -2.53. The molecule has 142 valence electrons. The van der Waals surface area contributed by atoms with Crippen molar-refractivity contribution in [2.75, 3.05) is 31.9 Å². The fraction of sp³-hybridized carbons (Fsp3) is 0.588. The quantitative estimate of drug-likeness (QED) is 0.686. The lowest BCUT2D eigenvalue weighted by Gasteiger charge is -2.40. The topological polar surface area (TPSA) is 92.5 Å². The summed E-state index contributed by atoms with van der Waals surface area (Å²) < 4.78 is 25.7. The number of nitrogens with zero attached hydrogens (tertiary/aromatic N) is 1. The van der Waals surface area contributed by atoms with Crippen LogP contribution in [0.5, 0.6) is 0 Å². The molecule has 3 N–H and O–H groups in total. The summed E-state index contributed by atoms with van der Waals surface area (Å²) in [6.07, 6.45) is 1.71. The number of benzene rings is 1. The normalized spacial score (nSPS) is 17.5. The summed E-state index contributed by atoms with van der Waals surface area (Å²) in [6.45, 7) is 3.46. The van der Waals surface area contributed by atoms with Gasteiger partial charge in [-0.3, -0.25) is 4.79 Å². The third-order valence-corrected chi connectivity index (χ3v) is 6.64. The van der Waals surface area contributed by atoms with Crippen LogP contribution in [0, 0.1) is 0 Å². The molecule has 0 saturated carbocycles. The molecule has 0 bridgehead atoms.